The summed E-state index contributed by atoms with van der Waals surface area (Å²) in [7, 11) is 0. The Morgan fingerprint density at radius 1 is 1.00 bits per heavy atom. The second-order valence-corrected chi connectivity index (χ2v) is 8.58. The van der Waals surface area contributed by atoms with Gasteiger partial charge in [-0.05, 0) is 24.3 Å². The number of carbonyl (C=O) groups is 1. The van der Waals surface area contributed by atoms with Gasteiger partial charge in [-0.25, -0.2) is 5.43 Å². The minimum atomic E-state index is -0.0401. The maximum Gasteiger partial charge on any atom is 0.241 e. The van der Waals surface area contributed by atoms with E-state index in [1.165, 1.54) is 10.7 Å². The van der Waals surface area contributed by atoms with E-state index in [1.54, 1.807) is 17.6 Å². The second-order valence-electron chi connectivity index (χ2n) is 7.48. The second kappa shape index (κ2) is 10.6. The molecular formula is C22H29N5O2S. The molecule has 0 aliphatic carbocycles. The zero-order chi connectivity index (χ0) is 20.6. The number of hydrogen-bond donors (Lipinski definition) is 1. The first-order valence-electron chi connectivity index (χ1n) is 10.5. The van der Waals surface area contributed by atoms with E-state index in [2.05, 4.69) is 55.6 Å². The molecule has 4 rings (SSSR count). The summed E-state index contributed by atoms with van der Waals surface area (Å²) in [6, 6.07) is 14.6. The van der Waals surface area contributed by atoms with Crippen molar-refractivity contribution in [3.05, 3.63) is 47.3 Å². The molecule has 2 fully saturated rings. The van der Waals surface area contributed by atoms with Crippen LogP contribution in [0.4, 0.5) is 10.7 Å². The van der Waals surface area contributed by atoms with Gasteiger partial charge in [-0.15, -0.1) is 11.3 Å². The lowest BCUT2D eigenvalue weighted by atomic mass is 10.2. The lowest BCUT2D eigenvalue weighted by Gasteiger charge is -2.36. The molecule has 30 heavy (non-hydrogen) atoms. The zero-order valence-corrected chi connectivity index (χ0v) is 18.0. The largest absolute Gasteiger partial charge is 0.378 e. The highest BCUT2D eigenvalue weighted by atomic mass is 32.1. The van der Waals surface area contributed by atoms with Crippen LogP contribution in [-0.4, -0.2) is 76.0 Å². The van der Waals surface area contributed by atoms with Gasteiger partial charge in [0.1, 0.15) is 0 Å². The Bertz CT molecular complexity index is 827. The molecule has 160 valence electrons. The van der Waals surface area contributed by atoms with E-state index < -0.39 is 0 Å². The molecule has 1 N–H and O–H groups in total. The third kappa shape index (κ3) is 5.81. The Balaban J connectivity index is 1.15. The predicted octanol–water partition coefficient (Wildman–Crippen LogP) is 2.25. The lowest BCUT2D eigenvalue weighted by Crippen LogP contribution is -2.47. The minimum absolute atomic E-state index is 0.0401. The third-order valence-electron chi connectivity index (χ3n) is 5.47. The van der Waals surface area contributed by atoms with Crippen molar-refractivity contribution in [2.75, 3.05) is 68.8 Å². The maximum absolute atomic E-state index is 12.1. The Kier molecular flexibility index (Phi) is 7.34. The van der Waals surface area contributed by atoms with Crippen LogP contribution in [0.15, 0.2) is 47.6 Å². The predicted molar refractivity (Wildman–Crippen MR) is 123 cm³/mol. The van der Waals surface area contributed by atoms with E-state index in [4.69, 9.17) is 4.74 Å². The van der Waals surface area contributed by atoms with Gasteiger partial charge in [0.15, 0.2) is 0 Å². The van der Waals surface area contributed by atoms with Crippen molar-refractivity contribution < 1.29 is 9.53 Å². The molecule has 1 aromatic heterocycles. The highest BCUT2D eigenvalue weighted by Gasteiger charge is 2.17. The summed E-state index contributed by atoms with van der Waals surface area (Å²) in [5, 5.41) is 5.35. The number of morpholine rings is 1. The summed E-state index contributed by atoms with van der Waals surface area (Å²) in [5.74, 6) is -0.0401. The molecule has 0 atom stereocenters. The topological polar surface area (TPSA) is 60.4 Å². The molecule has 0 spiro atoms. The first-order chi connectivity index (χ1) is 14.8. The monoisotopic (exact) mass is 427 g/mol. The molecule has 1 amide bonds. The Morgan fingerprint density at radius 3 is 2.53 bits per heavy atom. The Morgan fingerprint density at radius 2 is 1.77 bits per heavy atom. The quantitative estimate of drug-likeness (QED) is 0.543. The number of nitrogens with zero attached hydrogens (tertiary/aromatic N) is 4. The van der Waals surface area contributed by atoms with Gasteiger partial charge in [0.05, 0.1) is 24.4 Å². The van der Waals surface area contributed by atoms with Gasteiger partial charge in [0.25, 0.3) is 0 Å². The van der Waals surface area contributed by atoms with Crippen molar-refractivity contribution in [1.29, 1.82) is 0 Å². The lowest BCUT2D eigenvalue weighted by molar-refractivity contribution is -0.121. The van der Waals surface area contributed by atoms with Crippen molar-refractivity contribution >= 4 is 34.1 Å². The maximum atomic E-state index is 12.1. The van der Waals surface area contributed by atoms with E-state index in [0.29, 0.717) is 6.42 Å². The van der Waals surface area contributed by atoms with Crippen LogP contribution < -0.4 is 15.2 Å². The van der Waals surface area contributed by atoms with Crippen LogP contribution in [0, 0.1) is 0 Å². The number of hydrazone groups is 1. The van der Waals surface area contributed by atoms with Crippen LogP contribution in [0.1, 0.15) is 11.3 Å². The number of rotatable bonds is 7. The number of ether oxygens (including phenoxy) is 1. The molecule has 8 heteroatoms. The van der Waals surface area contributed by atoms with Gasteiger partial charge in [-0.1, -0.05) is 18.2 Å². The summed E-state index contributed by atoms with van der Waals surface area (Å²) >= 11 is 1.68. The first kappa shape index (κ1) is 20.8. The van der Waals surface area contributed by atoms with E-state index in [-0.39, 0.29) is 5.91 Å². The van der Waals surface area contributed by atoms with Crippen molar-refractivity contribution in [1.82, 2.24) is 10.3 Å². The van der Waals surface area contributed by atoms with Crippen LogP contribution in [0.5, 0.6) is 0 Å². The van der Waals surface area contributed by atoms with Crippen molar-refractivity contribution in [3.8, 4) is 0 Å². The summed E-state index contributed by atoms with van der Waals surface area (Å²) < 4.78 is 5.39. The summed E-state index contributed by atoms with van der Waals surface area (Å²) in [4.78, 5) is 20.2. The van der Waals surface area contributed by atoms with E-state index in [1.807, 2.05) is 12.1 Å². The number of anilines is 2. The van der Waals surface area contributed by atoms with Crippen molar-refractivity contribution in [3.63, 3.8) is 0 Å². The molecule has 2 saturated heterocycles. The average Bonchev–Trinajstić information content (AvgIpc) is 3.28. The number of nitrogens with one attached hydrogen (secondary N) is 1. The fraction of sp³-hybridized carbons (Fsp3) is 0.455. The van der Waals surface area contributed by atoms with Crippen LogP contribution in [-0.2, 0) is 9.53 Å². The van der Waals surface area contributed by atoms with E-state index >= 15 is 0 Å². The fourth-order valence-corrected chi connectivity index (χ4v) is 4.65. The number of thiophene rings is 1. The highest BCUT2D eigenvalue weighted by molar-refractivity contribution is 7.17. The molecule has 0 unspecified atom stereocenters. The molecule has 0 saturated carbocycles. The summed E-state index contributed by atoms with van der Waals surface area (Å²) in [6.07, 6.45) is 2.19. The number of amides is 1. The van der Waals surface area contributed by atoms with E-state index in [9.17, 15) is 4.79 Å². The number of carbonyl (C=O) groups excluding carboxylic acids is 1. The molecule has 0 bridgehead atoms. The number of para-hydroxylation sites is 1. The number of piperazine rings is 1. The van der Waals surface area contributed by atoms with Crippen LogP contribution in [0.25, 0.3) is 0 Å². The Hall–Kier alpha value is -2.42. The molecule has 0 radical (unpaired) electrons. The molecular weight excluding hydrogens is 398 g/mol. The van der Waals surface area contributed by atoms with Crippen LogP contribution in [0.3, 0.4) is 0 Å². The molecule has 2 aliphatic rings. The molecule has 2 aromatic rings. The van der Waals surface area contributed by atoms with Crippen molar-refractivity contribution in [2.24, 2.45) is 5.10 Å². The first-order valence-corrected chi connectivity index (χ1v) is 11.4. The van der Waals surface area contributed by atoms with Gasteiger partial charge in [-0.3, -0.25) is 9.69 Å². The molecule has 1 aromatic carbocycles. The van der Waals surface area contributed by atoms with Crippen molar-refractivity contribution in [2.45, 2.75) is 6.42 Å². The third-order valence-corrected chi connectivity index (χ3v) is 6.55. The minimum Gasteiger partial charge on any atom is -0.378 e. The zero-order valence-electron chi connectivity index (χ0n) is 17.2. The van der Waals surface area contributed by atoms with Gasteiger partial charge in [0.2, 0.25) is 5.91 Å². The highest BCUT2D eigenvalue weighted by Crippen LogP contribution is 2.25. The molecule has 3 heterocycles. The van der Waals surface area contributed by atoms with E-state index in [0.717, 1.165) is 63.9 Å². The molecule has 7 nitrogen and oxygen atoms in total. The number of benzene rings is 1. The smallest absolute Gasteiger partial charge is 0.241 e. The molecule has 2 aliphatic heterocycles. The summed E-state index contributed by atoms with van der Waals surface area (Å²) in [5.41, 5.74) is 3.93. The SMILES string of the molecule is O=C(CCN1CCN(c2ccccc2)CC1)N/N=C/c1ccc(N2CCOCC2)s1. The average molecular weight is 428 g/mol. The Labute approximate surface area is 181 Å². The van der Waals surface area contributed by atoms with Gasteiger partial charge < -0.3 is 14.5 Å². The standard InChI is InChI=1S/C22H29N5O2S/c28-21(8-9-25-10-12-26(13-11-25)19-4-2-1-3-5-19)24-23-18-20-6-7-22(30-20)27-14-16-29-17-15-27/h1-7,18H,8-17H2,(H,24,28)/b23-18+. The van der Waals surface area contributed by atoms with Crippen LogP contribution in [0.2, 0.25) is 0 Å². The summed E-state index contributed by atoms with van der Waals surface area (Å²) in [6.45, 7) is 8.11. The van der Waals surface area contributed by atoms with Crippen LogP contribution >= 0.6 is 11.3 Å². The van der Waals surface area contributed by atoms with Gasteiger partial charge in [0, 0.05) is 62.8 Å². The fourth-order valence-electron chi connectivity index (χ4n) is 3.72. The normalized spacial score (nSPS) is 18.1. The van der Waals surface area contributed by atoms with Gasteiger partial charge >= 0.3 is 0 Å². The number of hydrogen-bond acceptors (Lipinski definition) is 7. The van der Waals surface area contributed by atoms with Gasteiger partial charge in [-0.2, -0.15) is 5.10 Å².